The van der Waals surface area contributed by atoms with Gasteiger partial charge in [-0.3, -0.25) is 0 Å². The molecule has 0 aromatic rings. The lowest BCUT2D eigenvalue weighted by Crippen LogP contribution is -2.05. The van der Waals surface area contributed by atoms with Gasteiger partial charge in [0.25, 0.3) is 0 Å². The maximum absolute atomic E-state index is 5.76. The first-order chi connectivity index (χ1) is 7.25. The molecule has 0 amide bonds. The summed E-state index contributed by atoms with van der Waals surface area (Å²) in [5.41, 5.74) is -2.24. The quantitative estimate of drug-likeness (QED) is 0.620. The minimum atomic E-state index is -2.24. The van der Waals surface area contributed by atoms with Crippen LogP contribution in [-0.2, 0) is 20.9 Å². The highest BCUT2D eigenvalue weighted by Gasteiger charge is 2.22. The molecule has 0 saturated heterocycles. The summed E-state index contributed by atoms with van der Waals surface area (Å²) in [7, 11) is 0. The maximum atomic E-state index is 5.76. The van der Waals surface area contributed by atoms with Crippen molar-refractivity contribution in [1.82, 2.24) is 0 Å². The van der Waals surface area contributed by atoms with Gasteiger partial charge in [0, 0.05) is 10.8 Å². The molecule has 16 heavy (non-hydrogen) atoms. The predicted octanol–water partition coefficient (Wildman–Crippen LogP) is 4.94. The van der Waals surface area contributed by atoms with Crippen LogP contribution < -0.4 is 0 Å². The Morgan fingerprint density at radius 3 is 2.06 bits per heavy atom. The number of hydrogen-bond acceptors (Lipinski definition) is 4. The SMILES string of the molecule is CC(Cl)=CCSP(=S)(OC(C)C)OC(C)C. The van der Waals surface area contributed by atoms with E-state index < -0.39 is 5.69 Å². The zero-order valence-corrected chi connectivity index (χ0v) is 13.7. The van der Waals surface area contributed by atoms with Crippen LogP contribution in [0, 0.1) is 0 Å². The number of hydrogen-bond donors (Lipinski definition) is 0. The lowest BCUT2D eigenvalue weighted by molar-refractivity contribution is 0.186. The van der Waals surface area contributed by atoms with Crippen LogP contribution in [-0.4, -0.2) is 18.0 Å². The van der Waals surface area contributed by atoms with Crippen LogP contribution in [0.15, 0.2) is 11.1 Å². The lowest BCUT2D eigenvalue weighted by atomic mass is 10.5. The van der Waals surface area contributed by atoms with Crippen LogP contribution in [0.2, 0.25) is 0 Å². The van der Waals surface area contributed by atoms with Gasteiger partial charge < -0.3 is 9.05 Å². The first-order valence-corrected chi connectivity index (χ1v) is 9.79. The molecule has 0 rings (SSSR count). The lowest BCUT2D eigenvalue weighted by Gasteiger charge is -2.25. The van der Waals surface area contributed by atoms with Crippen molar-refractivity contribution in [3.05, 3.63) is 11.1 Å². The Morgan fingerprint density at radius 1 is 1.31 bits per heavy atom. The Balaban J connectivity index is 4.42. The van der Waals surface area contributed by atoms with E-state index >= 15 is 0 Å². The molecule has 0 aliphatic rings. The molecule has 0 spiro atoms. The van der Waals surface area contributed by atoms with Gasteiger partial charge in [-0.25, -0.2) is 0 Å². The molecule has 2 nitrogen and oxygen atoms in total. The van der Waals surface area contributed by atoms with E-state index in [1.165, 1.54) is 11.4 Å². The van der Waals surface area contributed by atoms with Crippen molar-refractivity contribution >= 4 is 40.5 Å². The second-order valence-electron chi connectivity index (χ2n) is 3.84. The number of rotatable bonds is 7. The maximum Gasteiger partial charge on any atom is 0.248 e. The Bertz CT molecular complexity index is 262. The fourth-order valence-electron chi connectivity index (χ4n) is 0.845. The van der Waals surface area contributed by atoms with E-state index in [0.717, 1.165) is 10.8 Å². The molecule has 0 aromatic heterocycles. The first kappa shape index (κ1) is 16.9. The highest BCUT2D eigenvalue weighted by Crippen LogP contribution is 2.62. The highest BCUT2D eigenvalue weighted by atomic mass is 35.5. The molecule has 0 bridgehead atoms. The van der Waals surface area contributed by atoms with Gasteiger partial charge in [0.1, 0.15) is 0 Å². The van der Waals surface area contributed by atoms with Crippen molar-refractivity contribution in [2.24, 2.45) is 0 Å². The van der Waals surface area contributed by atoms with Crippen LogP contribution in [0.5, 0.6) is 0 Å². The fraction of sp³-hybridized carbons (Fsp3) is 0.800. The topological polar surface area (TPSA) is 18.5 Å². The summed E-state index contributed by atoms with van der Waals surface area (Å²) in [6, 6.07) is 0. The Labute approximate surface area is 113 Å². The van der Waals surface area contributed by atoms with Gasteiger partial charge in [0.05, 0.1) is 12.2 Å². The molecule has 0 unspecified atom stereocenters. The standard InChI is InChI=1S/C10H20ClO2PS2/c1-8(2)12-14(15,13-9(3)4)16-7-6-10(5)11/h6,8-9H,7H2,1-5H3. The summed E-state index contributed by atoms with van der Waals surface area (Å²) >= 11 is 12.8. The molecular weight excluding hydrogens is 283 g/mol. The van der Waals surface area contributed by atoms with Crippen molar-refractivity contribution in [3.8, 4) is 0 Å². The molecule has 0 N–H and O–H groups in total. The van der Waals surface area contributed by atoms with Gasteiger partial charge in [-0.15, -0.1) is 0 Å². The van der Waals surface area contributed by atoms with E-state index in [9.17, 15) is 0 Å². The van der Waals surface area contributed by atoms with Crippen LogP contribution in [0.1, 0.15) is 34.6 Å². The van der Waals surface area contributed by atoms with E-state index in [1.54, 1.807) is 0 Å². The number of halogens is 1. The molecule has 0 heterocycles. The zero-order chi connectivity index (χ0) is 12.8. The van der Waals surface area contributed by atoms with Crippen molar-refractivity contribution in [3.63, 3.8) is 0 Å². The summed E-state index contributed by atoms with van der Waals surface area (Å²) in [6.07, 6.45) is 2.08. The second kappa shape index (κ2) is 8.12. The normalized spacial score (nSPS) is 13.9. The van der Waals surface area contributed by atoms with Crippen molar-refractivity contribution < 1.29 is 9.05 Å². The smallest absolute Gasteiger partial charge is 0.248 e. The predicted molar refractivity (Wildman–Crippen MR) is 78.8 cm³/mol. The minimum Gasteiger partial charge on any atom is -0.319 e. The molecule has 0 aromatic carbocycles. The van der Waals surface area contributed by atoms with Gasteiger partial charge >= 0.3 is 0 Å². The van der Waals surface area contributed by atoms with Crippen LogP contribution in [0.4, 0.5) is 0 Å². The van der Waals surface area contributed by atoms with E-state index in [0.29, 0.717) is 0 Å². The summed E-state index contributed by atoms with van der Waals surface area (Å²) < 4.78 is 11.4. The van der Waals surface area contributed by atoms with Crippen LogP contribution in [0.25, 0.3) is 0 Å². The van der Waals surface area contributed by atoms with Crippen LogP contribution in [0.3, 0.4) is 0 Å². The second-order valence-corrected chi connectivity index (χ2v) is 10.7. The van der Waals surface area contributed by atoms with E-state index in [-0.39, 0.29) is 12.2 Å². The van der Waals surface area contributed by atoms with Gasteiger partial charge in [-0.1, -0.05) is 29.1 Å². The van der Waals surface area contributed by atoms with Crippen molar-refractivity contribution in [2.75, 3.05) is 5.75 Å². The monoisotopic (exact) mass is 302 g/mol. The Hall–Kier alpha value is 0.950. The molecule has 0 saturated carbocycles. The molecule has 0 aliphatic heterocycles. The van der Waals surface area contributed by atoms with Crippen molar-refractivity contribution in [2.45, 2.75) is 46.8 Å². The summed E-state index contributed by atoms with van der Waals surface area (Å²) in [5.74, 6) is 0.728. The largest absolute Gasteiger partial charge is 0.319 e. The Kier molecular flexibility index (Phi) is 8.60. The third-order valence-electron chi connectivity index (χ3n) is 1.28. The average molecular weight is 303 g/mol. The zero-order valence-electron chi connectivity index (χ0n) is 10.4. The fourth-order valence-corrected chi connectivity index (χ4v) is 6.48. The van der Waals surface area contributed by atoms with Gasteiger partial charge in [-0.05, 0) is 46.4 Å². The van der Waals surface area contributed by atoms with Crippen molar-refractivity contribution in [1.29, 1.82) is 0 Å². The minimum absolute atomic E-state index is 0.0816. The summed E-state index contributed by atoms with van der Waals surface area (Å²) in [5, 5.41) is 0.767. The molecule has 0 aliphatic carbocycles. The molecular formula is C10H20ClO2PS2. The Morgan fingerprint density at radius 2 is 1.75 bits per heavy atom. The summed E-state index contributed by atoms with van der Waals surface area (Å²) in [6.45, 7) is 9.71. The molecule has 96 valence electrons. The van der Waals surface area contributed by atoms with E-state index in [1.807, 2.05) is 40.7 Å². The van der Waals surface area contributed by atoms with E-state index in [4.69, 9.17) is 32.5 Å². The van der Waals surface area contributed by atoms with Gasteiger partial charge in [0.2, 0.25) is 5.69 Å². The molecule has 0 radical (unpaired) electrons. The molecule has 0 fully saturated rings. The highest BCUT2D eigenvalue weighted by molar-refractivity contribution is 8.67. The molecule has 6 heteroatoms. The summed E-state index contributed by atoms with van der Waals surface area (Å²) in [4.78, 5) is 0. The van der Waals surface area contributed by atoms with Crippen LogP contribution >= 0.6 is 28.7 Å². The number of allylic oxidation sites excluding steroid dienone is 1. The molecule has 0 atom stereocenters. The van der Waals surface area contributed by atoms with E-state index in [2.05, 4.69) is 0 Å². The first-order valence-electron chi connectivity index (χ1n) is 5.19. The average Bonchev–Trinajstić information content (AvgIpc) is 1.98. The third-order valence-corrected chi connectivity index (χ3v) is 6.80. The third kappa shape index (κ3) is 9.03. The van der Waals surface area contributed by atoms with Gasteiger partial charge in [0.15, 0.2) is 0 Å². The van der Waals surface area contributed by atoms with Gasteiger partial charge in [-0.2, -0.15) is 0 Å².